The number of phenols is 8. The van der Waals surface area contributed by atoms with Crippen LogP contribution in [-0.4, -0.2) is 63.0 Å². The third-order valence-electron chi connectivity index (χ3n) is 7.00. The lowest BCUT2D eigenvalue weighted by atomic mass is 9.93. The molecule has 13 nitrogen and oxygen atoms in total. The fourth-order valence-electron chi connectivity index (χ4n) is 4.81. The van der Waals surface area contributed by atoms with Gasteiger partial charge in [-0.2, -0.15) is 0 Å². The van der Waals surface area contributed by atoms with E-state index in [1.165, 1.54) is 6.07 Å². The highest BCUT2D eigenvalue weighted by Crippen LogP contribution is 2.46. The lowest BCUT2D eigenvalue weighted by Crippen LogP contribution is -2.34. The monoisotopic (exact) mass is 605 g/mol. The van der Waals surface area contributed by atoms with Gasteiger partial charge in [-0.25, -0.2) is 4.79 Å². The number of ether oxygens (including phenoxy) is 2. The fraction of sp³-hybridized carbons (Fsp3) is 0.129. The molecule has 228 valence electrons. The van der Waals surface area contributed by atoms with E-state index in [4.69, 9.17) is 14.6 Å². The van der Waals surface area contributed by atoms with Crippen LogP contribution >= 0.6 is 0 Å². The molecule has 10 N–H and O–H groups in total. The number of aliphatic hydroxyl groups is 1. The van der Waals surface area contributed by atoms with Crippen LogP contribution in [0.2, 0.25) is 0 Å². The molecule has 6 rings (SSSR count). The molecular weight excluding hydrogens is 578 g/mol. The van der Waals surface area contributed by atoms with Crippen LogP contribution in [0, 0.1) is 0 Å². The first-order chi connectivity index (χ1) is 21.0. The molecule has 0 amide bonds. The van der Waals surface area contributed by atoms with Crippen LogP contribution in [0.1, 0.15) is 33.2 Å². The highest BCUT2D eigenvalue weighted by Gasteiger charge is 2.37. The smallest absolute Gasteiger partial charge is 0.338 e. The third kappa shape index (κ3) is 5.71. The van der Waals surface area contributed by atoms with Crippen LogP contribution in [0.4, 0.5) is 0 Å². The van der Waals surface area contributed by atoms with Crippen molar-refractivity contribution < 1.29 is 60.2 Å². The van der Waals surface area contributed by atoms with Gasteiger partial charge in [-0.05, 0) is 30.3 Å². The molecule has 1 aromatic heterocycles. The summed E-state index contributed by atoms with van der Waals surface area (Å²) in [6.07, 6.45) is -0.651. The lowest BCUT2D eigenvalue weighted by molar-refractivity contribution is -0.0189. The highest BCUT2D eigenvalue weighted by molar-refractivity contribution is 5.91. The Morgan fingerprint density at radius 3 is 2.07 bits per heavy atom. The van der Waals surface area contributed by atoms with Gasteiger partial charge >= 0.3 is 5.97 Å². The maximum Gasteiger partial charge on any atom is 0.338 e. The van der Waals surface area contributed by atoms with E-state index in [0.29, 0.717) is 0 Å². The number of carbonyl (C=O) groups excluding carboxylic acids is 1. The summed E-state index contributed by atoms with van der Waals surface area (Å²) in [5.74, 6) is -6.06. The summed E-state index contributed by atoms with van der Waals surface area (Å²) < 4.78 is 11.3. The first-order valence-electron chi connectivity index (χ1n) is 13.0. The first kappa shape index (κ1) is 29.5. The van der Waals surface area contributed by atoms with Gasteiger partial charge in [-0.15, -0.1) is 0 Å². The normalized spacial score (nSPS) is 15.5. The van der Waals surface area contributed by atoms with E-state index in [-0.39, 0.29) is 47.0 Å². The number of hydrogen-bond donors (Lipinski definition) is 10. The van der Waals surface area contributed by atoms with E-state index in [2.05, 4.69) is 4.98 Å². The number of nitrogens with one attached hydrogen (secondary N) is 1. The zero-order valence-corrected chi connectivity index (χ0v) is 22.7. The Kier molecular flexibility index (Phi) is 7.88. The minimum absolute atomic E-state index is 0.0526. The minimum atomic E-state index is -1.18. The van der Waals surface area contributed by atoms with Crippen molar-refractivity contribution in [3.8, 4) is 51.7 Å². The van der Waals surface area contributed by atoms with Crippen molar-refractivity contribution in [1.29, 1.82) is 0 Å². The number of hydrogen-bond acceptors (Lipinski definition) is 12. The third-order valence-corrected chi connectivity index (χ3v) is 7.00. The van der Waals surface area contributed by atoms with Crippen LogP contribution in [0.3, 0.4) is 0 Å². The van der Waals surface area contributed by atoms with Gasteiger partial charge in [0.1, 0.15) is 23.4 Å². The van der Waals surface area contributed by atoms with Gasteiger partial charge in [0.25, 0.3) is 0 Å². The Labute approximate surface area is 248 Å². The summed E-state index contributed by atoms with van der Waals surface area (Å²) in [4.78, 5) is 15.8. The molecule has 0 aliphatic carbocycles. The zero-order chi connectivity index (χ0) is 31.7. The quantitative estimate of drug-likeness (QED) is 0.104. The van der Waals surface area contributed by atoms with Crippen molar-refractivity contribution in [2.45, 2.75) is 25.2 Å². The molecule has 0 saturated carbocycles. The summed E-state index contributed by atoms with van der Waals surface area (Å²) in [5, 5.41) is 88.2. The molecule has 0 bridgehead atoms. The number of carbonyl (C=O) groups is 1. The first-order valence-corrected chi connectivity index (χ1v) is 13.0. The number of aromatic nitrogens is 1. The molecule has 5 aromatic rings. The molecule has 0 radical (unpaired) electrons. The Hall–Kier alpha value is -5.95. The summed E-state index contributed by atoms with van der Waals surface area (Å²) in [5.41, 5.74) is 2.02. The molecule has 0 spiro atoms. The van der Waals surface area contributed by atoms with Gasteiger partial charge in [-0.3, -0.25) is 0 Å². The number of aliphatic hydroxyl groups excluding tert-OH is 1. The topological polar surface area (TPSA) is 233 Å². The molecule has 0 unspecified atom stereocenters. The van der Waals surface area contributed by atoms with E-state index >= 15 is 0 Å². The number of para-hydroxylation sites is 1. The number of aromatic amines is 1. The maximum atomic E-state index is 12.7. The van der Waals surface area contributed by atoms with Crippen molar-refractivity contribution >= 4 is 16.9 Å². The van der Waals surface area contributed by atoms with E-state index in [9.17, 15) is 45.6 Å². The number of benzene rings is 4. The molecule has 1 aliphatic heterocycles. The zero-order valence-electron chi connectivity index (χ0n) is 22.7. The molecule has 2 heterocycles. The minimum Gasteiger partial charge on any atom is -0.508 e. The van der Waals surface area contributed by atoms with Crippen molar-refractivity contribution in [3.63, 3.8) is 0 Å². The molecule has 0 fully saturated rings. The Bertz CT molecular complexity index is 1820. The van der Waals surface area contributed by atoms with E-state index in [1.807, 2.05) is 30.5 Å². The van der Waals surface area contributed by atoms with Crippen molar-refractivity contribution in [2.75, 3.05) is 0 Å². The molecule has 4 aromatic carbocycles. The Balaban J connectivity index is 0.000000291. The summed E-state index contributed by atoms with van der Waals surface area (Å²) in [6, 6.07) is 14.1. The van der Waals surface area contributed by atoms with Crippen molar-refractivity contribution in [3.05, 3.63) is 89.1 Å². The molecular formula is C31H27NO12. The number of aromatic hydroxyl groups is 8. The average molecular weight is 606 g/mol. The molecule has 0 saturated heterocycles. The standard InChI is InChI=1S/C22H18O11.C9H9NO/c23-10-5-12(24)11-7-18(33-22(31)9-3-15(27)20(30)16(28)4-9)21(32-17(11)6-10)8-1-13(25)19(29)14(26)2-8;11-6-7-5-10-9-4-2-1-3-8(7)9/h1-6,18,21,23-30H,7H2;1-5,10-11H,6H2/t18-,21-;/m1./s1. The van der Waals surface area contributed by atoms with Crippen LogP contribution in [-0.2, 0) is 17.8 Å². The second-order valence-corrected chi connectivity index (χ2v) is 9.92. The predicted molar refractivity (Wildman–Crippen MR) is 153 cm³/mol. The van der Waals surface area contributed by atoms with Crippen molar-refractivity contribution in [1.82, 2.24) is 4.98 Å². The van der Waals surface area contributed by atoms with E-state index in [1.54, 1.807) is 0 Å². The van der Waals surface area contributed by atoms with Gasteiger partial charge in [-0.1, -0.05) is 18.2 Å². The van der Waals surface area contributed by atoms with Crippen LogP contribution in [0.15, 0.2) is 66.9 Å². The van der Waals surface area contributed by atoms with Gasteiger partial charge in [0.05, 0.1) is 12.2 Å². The second-order valence-electron chi connectivity index (χ2n) is 9.92. The molecule has 1 aliphatic rings. The largest absolute Gasteiger partial charge is 0.508 e. The fourth-order valence-corrected chi connectivity index (χ4v) is 4.81. The predicted octanol–water partition coefficient (Wildman–Crippen LogP) is 3.89. The van der Waals surface area contributed by atoms with E-state index in [0.717, 1.165) is 46.8 Å². The average Bonchev–Trinajstić information content (AvgIpc) is 3.42. The molecule has 13 heteroatoms. The van der Waals surface area contributed by atoms with Gasteiger partial charge in [0.15, 0.2) is 40.6 Å². The number of esters is 1. The van der Waals surface area contributed by atoms with Crippen molar-refractivity contribution in [2.24, 2.45) is 0 Å². The Morgan fingerprint density at radius 2 is 1.43 bits per heavy atom. The van der Waals surface area contributed by atoms with Gasteiger partial charge in [0.2, 0.25) is 0 Å². The van der Waals surface area contributed by atoms with E-state index < -0.39 is 52.7 Å². The second kappa shape index (κ2) is 11.7. The van der Waals surface area contributed by atoms with Crippen LogP contribution in [0.5, 0.6) is 51.7 Å². The number of rotatable bonds is 4. The number of phenolic OH excluding ortho intramolecular Hbond substituents is 8. The SMILES string of the molecule is O=C(O[C@@H]1Cc2c(O)cc(O)cc2O[C@@H]1c1cc(O)c(O)c(O)c1)c1cc(O)c(O)c(O)c1.OCc1c[nH]c2ccccc12. The number of fused-ring (bicyclic) bond motifs is 2. The van der Waals surface area contributed by atoms with Gasteiger partial charge in [0, 0.05) is 52.3 Å². The van der Waals surface area contributed by atoms with Gasteiger partial charge < -0.3 is 60.4 Å². The summed E-state index contributed by atoms with van der Waals surface area (Å²) in [7, 11) is 0. The summed E-state index contributed by atoms with van der Waals surface area (Å²) >= 11 is 0. The lowest BCUT2D eigenvalue weighted by Gasteiger charge is -2.34. The maximum absolute atomic E-state index is 12.7. The number of H-pyrrole nitrogens is 1. The highest BCUT2D eigenvalue weighted by atomic mass is 16.6. The Morgan fingerprint density at radius 1 is 0.818 bits per heavy atom. The molecule has 44 heavy (non-hydrogen) atoms. The summed E-state index contributed by atoms with van der Waals surface area (Å²) in [6.45, 7) is 0.101. The molecule has 2 atom stereocenters. The van der Waals surface area contributed by atoms with Crippen LogP contribution < -0.4 is 4.74 Å². The van der Waals surface area contributed by atoms with Crippen LogP contribution in [0.25, 0.3) is 10.9 Å².